The molecule has 1 aromatic rings. The fraction of sp³-hybridized carbons (Fsp3) is 0.400. The Bertz CT molecular complexity index is 390. The number of nitrogens with zero attached hydrogens (tertiary/aromatic N) is 1. The lowest BCUT2D eigenvalue weighted by Gasteiger charge is -2.11. The van der Waals surface area contributed by atoms with E-state index < -0.39 is 16.8 Å². The van der Waals surface area contributed by atoms with E-state index in [-0.39, 0.29) is 30.3 Å². The van der Waals surface area contributed by atoms with Crippen LogP contribution in [-0.4, -0.2) is 16.6 Å². The van der Waals surface area contributed by atoms with Crippen LogP contribution in [0.4, 0.5) is 10.1 Å². The fourth-order valence-electron chi connectivity index (χ4n) is 1.40. The summed E-state index contributed by atoms with van der Waals surface area (Å²) in [6.45, 7) is -0.0375. The molecule has 0 aliphatic rings. The first-order chi connectivity index (χ1) is 7.56. The summed E-state index contributed by atoms with van der Waals surface area (Å²) in [6.07, 6.45) is 0.817. The van der Waals surface area contributed by atoms with Gasteiger partial charge in [0.2, 0.25) is 0 Å². The van der Waals surface area contributed by atoms with Gasteiger partial charge < -0.3 is 10.8 Å². The summed E-state index contributed by atoms with van der Waals surface area (Å²) < 4.78 is 13.3. The zero-order chi connectivity index (χ0) is 12.1. The summed E-state index contributed by atoms with van der Waals surface area (Å²) in [5.41, 5.74) is 5.61. The van der Waals surface area contributed by atoms with Gasteiger partial charge in [0.05, 0.1) is 4.92 Å². The number of halogens is 2. The molecule has 0 saturated heterocycles. The summed E-state index contributed by atoms with van der Waals surface area (Å²) >= 11 is 0. The van der Waals surface area contributed by atoms with Crippen molar-refractivity contribution in [1.82, 2.24) is 0 Å². The van der Waals surface area contributed by atoms with Gasteiger partial charge in [-0.3, -0.25) is 10.1 Å². The van der Waals surface area contributed by atoms with Crippen molar-refractivity contribution in [1.29, 1.82) is 0 Å². The standard InChI is InChI=1S/C10H13FN2O3.ClH/c11-9-4-3-7(13(15)16)6-8(9)10(12)2-1-5-14;/h3-4,6,10,14H,1-2,5,12H2;1H/t10-;/m0./s1. The topological polar surface area (TPSA) is 89.4 Å². The monoisotopic (exact) mass is 264 g/mol. The minimum atomic E-state index is -0.632. The lowest BCUT2D eigenvalue weighted by Crippen LogP contribution is -2.13. The number of nitro groups is 1. The summed E-state index contributed by atoms with van der Waals surface area (Å²) in [7, 11) is 0. The third-order valence-electron chi connectivity index (χ3n) is 2.26. The van der Waals surface area contributed by atoms with E-state index in [2.05, 4.69) is 0 Å². The van der Waals surface area contributed by atoms with E-state index in [4.69, 9.17) is 10.8 Å². The second kappa shape index (κ2) is 7.16. The molecule has 5 nitrogen and oxygen atoms in total. The van der Waals surface area contributed by atoms with Crippen LogP contribution < -0.4 is 5.73 Å². The smallest absolute Gasteiger partial charge is 0.269 e. The maximum atomic E-state index is 13.3. The van der Waals surface area contributed by atoms with Crippen molar-refractivity contribution in [3.8, 4) is 0 Å². The van der Waals surface area contributed by atoms with E-state index in [1.54, 1.807) is 0 Å². The van der Waals surface area contributed by atoms with Crippen LogP contribution in [0, 0.1) is 15.9 Å². The number of benzene rings is 1. The van der Waals surface area contributed by atoms with Gasteiger partial charge in [-0.2, -0.15) is 0 Å². The van der Waals surface area contributed by atoms with Crippen molar-refractivity contribution in [2.24, 2.45) is 5.73 Å². The molecule has 0 aromatic heterocycles. The Labute approximate surface area is 104 Å². The number of aliphatic hydroxyl groups is 1. The Morgan fingerprint density at radius 2 is 2.18 bits per heavy atom. The molecule has 1 aromatic carbocycles. The molecule has 0 radical (unpaired) electrons. The number of aliphatic hydroxyl groups excluding tert-OH is 1. The molecular formula is C10H14ClFN2O3. The second-order valence-electron chi connectivity index (χ2n) is 3.44. The van der Waals surface area contributed by atoms with E-state index in [1.165, 1.54) is 0 Å². The van der Waals surface area contributed by atoms with Crippen LogP contribution in [0.2, 0.25) is 0 Å². The first-order valence-corrected chi connectivity index (χ1v) is 4.86. The first-order valence-electron chi connectivity index (χ1n) is 4.86. The molecule has 0 bridgehead atoms. The molecule has 1 rings (SSSR count). The van der Waals surface area contributed by atoms with Crippen LogP contribution >= 0.6 is 12.4 Å². The molecule has 3 N–H and O–H groups in total. The molecule has 1 atom stereocenters. The molecule has 0 saturated carbocycles. The van der Waals surface area contributed by atoms with Gasteiger partial charge in [0.25, 0.3) is 5.69 Å². The highest BCUT2D eigenvalue weighted by molar-refractivity contribution is 5.85. The molecule has 0 aliphatic carbocycles. The summed E-state index contributed by atoms with van der Waals surface area (Å²) in [5.74, 6) is -0.559. The Kier molecular flexibility index (Phi) is 6.64. The summed E-state index contributed by atoms with van der Waals surface area (Å²) in [5, 5.41) is 19.1. The maximum absolute atomic E-state index is 13.3. The Hall–Kier alpha value is -1.24. The normalized spacial score (nSPS) is 11.7. The van der Waals surface area contributed by atoms with Crippen molar-refractivity contribution >= 4 is 18.1 Å². The van der Waals surface area contributed by atoms with Crippen molar-refractivity contribution in [3.63, 3.8) is 0 Å². The quantitative estimate of drug-likeness (QED) is 0.628. The van der Waals surface area contributed by atoms with Gasteiger partial charge in [-0.05, 0) is 18.9 Å². The van der Waals surface area contributed by atoms with Crippen molar-refractivity contribution in [2.45, 2.75) is 18.9 Å². The average molecular weight is 265 g/mol. The average Bonchev–Trinajstić information content (AvgIpc) is 2.26. The predicted octanol–water partition coefficient (Wildman–Crippen LogP) is 1.93. The van der Waals surface area contributed by atoms with Crippen LogP contribution in [0.5, 0.6) is 0 Å². The van der Waals surface area contributed by atoms with Crippen LogP contribution in [0.1, 0.15) is 24.4 Å². The largest absolute Gasteiger partial charge is 0.396 e. The number of rotatable bonds is 5. The molecule has 0 unspecified atom stereocenters. The van der Waals surface area contributed by atoms with Crippen LogP contribution in [0.25, 0.3) is 0 Å². The van der Waals surface area contributed by atoms with E-state index in [0.717, 1.165) is 18.2 Å². The van der Waals surface area contributed by atoms with E-state index in [9.17, 15) is 14.5 Å². The maximum Gasteiger partial charge on any atom is 0.269 e. The molecule has 0 fully saturated rings. The third kappa shape index (κ3) is 4.26. The third-order valence-corrected chi connectivity index (χ3v) is 2.26. The van der Waals surface area contributed by atoms with Gasteiger partial charge in [-0.25, -0.2) is 4.39 Å². The molecule has 7 heteroatoms. The number of non-ortho nitro benzene ring substituents is 1. The molecule has 96 valence electrons. The Balaban J connectivity index is 0.00000256. The van der Waals surface area contributed by atoms with Crippen molar-refractivity contribution in [3.05, 3.63) is 39.7 Å². The Morgan fingerprint density at radius 1 is 1.53 bits per heavy atom. The van der Waals surface area contributed by atoms with Gasteiger partial charge >= 0.3 is 0 Å². The minimum absolute atomic E-state index is 0. The van der Waals surface area contributed by atoms with Gasteiger partial charge in [0, 0.05) is 30.3 Å². The number of nitrogens with two attached hydrogens (primary N) is 1. The number of hydrogen-bond donors (Lipinski definition) is 2. The minimum Gasteiger partial charge on any atom is -0.396 e. The fourth-order valence-corrected chi connectivity index (χ4v) is 1.40. The van der Waals surface area contributed by atoms with E-state index in [1.807, 2.05) is 0 Å². The summed E-state index contributed by atoms with van der Waals surface area (Å²) in [4.78, 5) is 9.91. The lowest BCUT2D eigenvalue weighted by atomic mass is 10.0. The summed E-state index contributed by atoms with van der Waals surface area (Å²) in [6, 6.07) is 2.63. The van der Waals surface area contributed by atoms with Crippen LogP contribution in [0.3, 0.4) is 0 Å². The van der Waals surface area contributed by atoms with E-state index in [0.29, 0.717) is 12.8 Å². The molecule has 0 amide bonds. The van der Waals surface area contributed by atoms with Gasteiger partial charge in [0.15, 0.2) is 0 Å². The van der Waals surface area contributed by atoms with Gasteiger partial charge in [-0.1, -0.05) is 0 Å². The highest BCUT2D eigenvalue weighted by Crippen LogP contribution is 2.23. The molecular weight excluding hydrogens is 251 g/mol. The highest BCUT2D eigenvalue weighted by Gasteiger charge is 2.15. The molecule has 17 heavy (non-hydrogen) atoms. The zero-order valence-corrected chi connectivity index (χ0v) is 9.82. The number of hydrogen-bond acceptors (Lipinski definition) is 4. The SMILES string of the molecule is Cl.N[C@@H](CCCO)c1cc([N+](=O)[O-])ccc1F. The predicted molar refractivity (Wildman–Crippen MR) is 63.6 cm³/mol. The highest BCUT2D eigenvalue weighted by atomic mass is 35.5. The van der Waals surface area contributed by atoms with Crippen molar-refractivity contribution in [2.75, 3.05) is 6.61 Å². The first kappa shape index (κ1) is 15.8. The molecule has 0 heterocycles. The molecule has 0 aliphatic heterocycles. The zero-order valence-electron chi connectivity index (χ0n) is 9.01. The lowest BCUT2D eigenvalue weighted by molar-refractivity contribution is -0.385. The number of nitro benzene ring substituents is 1. The van der Waals surface area contributed by atoms with Crippen molar-refractivity contribution < 1.29 is 14.4 Å². The van der Waals surface area contributed by atoms with E-state index >= 15 is 0 Å². The molecule has 0 spiro atoms. The van der Waals surface area contributed by atoms with Crippen LogP contribution in [0.15, 0.2) is 18.2 Å². The second-order valence-corrected chi connectivity index (χ2v) is 3.44. The van der Waals surface area contributed by atoms with Gasteiger partial charge in [-0.15, -0.1) is 12.4 Å². The van der Waals surface area contributed by atoms with Crippen LogP contribution in [-0.2, 0) is 0 Å². The van der Waals surface area contributed by atoms with Gasteiger partial charge in [0.1, 0.15) is 5.82 Å². The Morgan fingerprint density at radius 3 is 2.71 bits per heavy atom.